The summed E-state index contributed by atoms with van der Waals surface area (Å²) in [6.45, 7) is 1.96. The third-order valence-corrected chi connectivity index (χ3v) is 2.81. The summed E-state index contributed by atoms with van der Waals surface area (Å²) in [5.74, 6) is 0.666. The standard InChI is InChI=1S/C13H13ClN2O/c1-9(17-2)11-7-15-13(16-8-11)10-4-3-5-12(14)6-10/h3-9H,1-2H3/t9-/m0/s1. The van der Waals surface area contributed by atoms with Crippen LogP contribution in [0.5, 0.6) is 0 Å². The Morgan fingerprint density at radius 3 is 2.53 bits per heavy atom. The lowest BCUT2D eigenvalue weighted by Crippen LogP contribution is -1.98. The van der Waals surface area contributed by atoms with Crippen molar-refractivity contribution in [3.63, 3.8) is 0 Å². The number of hydrogen-bond donors (Lipinski definition) is 0. The summed E-state index contributed by atoms with van der Waals surface area (Å²) in [6.07, 6.45) is 3.55. The number of nitrogens with zero attached hydrogens (tertiary/aromatic N) is 2. The van der Waals surface area contributed by atoms with E-state index in [0.717, 1.165) is 11.1 Å². The van der Waals surface area contributed by atoms with Crippen LogP contribution in [0.15, 0.2) is 36.7 Å². The predicted molar refractivity (Wildman–Crippen MR) is 67.9 cm³/mol. The van der Waals surface area contributed by atoms with Gasteiger partial charge in [-0.1, -0.05) is 23.7 Å². The van der Waals surface area contributed by atoms with Crippen LogP contribution < -0.4 is 0 Å². The van der Waals surface area contributed by atoms with Crippen LogP contribution in [-0.4, -0.2) is 17.1 Å². The minimum atomic E-state index is 0.00316. The minimum Gasteiger partial charge on any atom is -0.377 e. The molecule has 1 atom stereocenters. The first-order valence-electron chi connectivity index (χ1n) is 5.31. The van der Waals surface area contributed by atoms with Crippen molar-refractivity contribution in [3.8, 4) is 11.4 Å². The monoisotopic (exact) mass is 248 g/mol. The molecule has 0 aliphatic carbocycles. The molecule has 0 amide bonds. The highest BCUT2D eigenvalue weighted by Gasteiger charge is 2.06. The number of methoxy groups -OCH3 is 1. The van der Waals surface area contributed by atoms with Crippen LogP contribution in [0.2, 0.25) is 5.02 Å². The lowest BCUT2D eigenvalue weighted by Gasteiger charge is -2.09. The molecule has 0 aliphatic rings. The maximum atomic E-state index is 5.92. The molecule has 0 saturated heterocycles. The first kappa shape index (κ1) is 12.0. The normalized spacial score (nSPS) is 12.4. The molecule has 0 bridgehead atoms. The highest BCUT2D eigenvalue weighted by atomic mass is 35.5. The first-order valence-corrected chi connectivity index (χ1v) is 5.69. The average Bonchev–Trinajstić information content (AvgIpc) is 2.38. The summed E-state index contributed by atoms with van der Waals surface area (Å²) in [5, 5.41) is 0.681. The average molecular weight is 249 g/mol. The molecule has 0 radical (unpaired) electrons. The lowest BCUT2D eigenvalue weighted by molar-refractivity contribution is 0.119. The van der Waals surface area contributed by atoms with E-state index in [1.807, 2.05) is 31.2 Å². The molecule has 3 nitrogen and oxygen atoms in total. The fourth-order valence-corrected chi connectivity index (χ4v) is 1.65. The maximum absolute atomic E-state index is 5.92. The second-order valence-corrected chi connectivity index (χ2v) is 4.16. The highest BCUT2D eigenvalue weighted by molar-refractivity contribution is 6.30. The zero-order valence-corrected chi connectivity index (χ0v) is 10.5. The molecule has 0 fully saturated rings. The fourth-order valence-electron chi connectivity index (χ4n) is 1.46. The van der Waals surface area contributed by atoms with Crippen molar-refractivity contribution in [2.24, 2.45) is 0 Å². The van der Waals surface area contributed by atoms with E-state index in [-0.39, 0.29) is 6.10 Å². The number of hydrogen-bond acceptors (Lipinski definition) is 3. The SMILES string of the molecule is CO[C@@H](C)c1cnc(-c2cccc(Cl)c2)nc1. The van der Waals surface area contributed by atoms with Gasteiger partial charge in [0, 0.05) is 35.7 Å². The Hall–Kier alpha value is -1.45. The van der Waals surface area contributed by atoms with E-state index in [1.165, 1.54) is 0 Å². The van der Waals surface area contributed by atoms with E-state index in [4.69, 9.17) is 16.3 Å². The molecule has 2 rings (SSSR count). The Bertz CT molecular complexity index is 499. The van der Waals surface area contributed by atoms with Gasteiger partial charge in [-0.2, -0.15) is 0 Å². The number of aromatic nitrogens is 2. The highest BCUT2D eigenvalue weighted by Crippen LogP contribution is 2.20. The van der Waals surface area contributed by atoms with Gasteiger partial charge in [0.05, 0.1) is 6.10 Å². The first-order chi connectivity index (χ1) is 8.20. The quantitative estimate of drug-likeness (QED) is 0.834. The number of ether oxygens (including phenoxy) is 1. The third-order valence-electron chi connectivity index (χ3n) is 2.58. The van der Waals surface area contributed by atoms with E-state index in [1.54, 1.807) is 19.5 Å². The molecule has 1 heterocycles. The molecule has 0 unspecified atom stereocenters. The van der Waals surface area contributed by atoms with Crippen molar-refractivity contribution in [2.45, 2.75) is 13.0 Å². The van der Waals surface area contributed by atoms with Gasteiger partial charge >= 0.3 is 0 Å². The summed E-state index contributed by atoms with van der Waals surface area (Å²) in [6, 6.07) is 7.48. The van der Waals surface area contributed by atoms with Gasteiger partial charge in [0.15, 0.2) is 5.82 Å². The zero-order valence-electron chi connectivity index (χ0n) is 9.72. The molecule has 0 aliphatic heterocycles. The second-order valence-electron chi connectivity index (χ2n) is 3.73. The van der Waals surface area contributed by atoms with E-state index >= 15 is 0 Å². The van der Waals surface area contributed by atoms with Crippen molar-refractivity contribution in [1.82, 2.24) is 9.97 Å². The summed E-state index contributed by atoms with van der Waals surface area (Å²) >= 11 is 5.92. The van der Waals surface area contributed by atoms with Crippen LogP contribution in [0.1, 0.15) is 18.6 Å². The molecule has 4 heteroatoms. The van der Waals surface area contributed by atoms with Crippen LogP contribution >= 0.6 is 11.6 Å². The summed E-state index contributed by atoms with van der Waals surface area (Å²) in [7, 11) is 1.66. The molecule has 17 heavy (non-hydrogen) atoms. The van der Waals surface area contributed by atoms with Gasteiger partial charge in [0.25, 0.3) is 0 Å². The lowest BCUT2D eigenvalue weighted by atomic mass is 10.2. The van der Waals surface area contributed by atoms with Crippen molar-refractivity contribution in [3.05, 3.63) is 47.2 Å². The van der Waals surface area contributed by atoms with Gasteiger partial charge in [-0.15, -0.1) is 0 Å². The topological polar surface area (TPSA) is 35.0 Å². The Balaban J connectivity index is 2.29. The van der Waals surface area contributed by atoms with Gasteiger partial charge in [0.2, 0.25) is 0 Å². The van der Waals surface area contributed by atoms with Crippen molar-refractivity contribution < 1.29 is 4.74 Å². The van der Waals surface area contributed by atoms with E-state index in [0.29, 0.717) is 10.8 Å². The van der Waals surface area contributed by atoms with Crippen molar-refractivity contribution in [2.75, 3.05) is 7.11 Å². The molecule has 1 aromatic heterocycles. The van der Waals surface area contributed by atoms with Crippen LogP contribution in [-0.2, 0) is 4.74 Å². The van der Waals surface area contributed by atoms with E-state index in [2.05, 4.69) is 9.97 Å². The molecule has 0 spiro atoms. The number of rotatable bonds is 3. The second kappa shape index (κ2) is 5.25. The molecule has 2 aromatic rings. The van der Waals surface area contributed by atoms with Gasteiger partial charge < -0.3 is 4.74 Å². The smallest absolute Gasteiger partial charge is 0.159 e. The Labute approximate surface area is 105 Å². The zero-order chi connectivity index (χ0) is 12.3. The summed E-state index contributed by atoms with van der Waals surface area (Å²) in [4.78, 5) is 8.62. The van der Waals surface area contributed by atoms with Crippen LogP contribution in [0.3, 0.4) is 0 Å². The fraction of sp³-hybridized carbons (Fsp3) is 0.231. The summed E-state index contributed by atoms with van der Waals surface area (Å²) < 4.78 is 5.20. The number of halogens is 1. The Morgan fingerprint density at radius 1 is 1.24 bits per heavy atom. The predicted octanol–water partition coefficient (Wildman–Crippen LogP) is 3.50. The van der Waals surface area contributed by atoms with Gasteiger partial charge in [-0.25, -0.2) is 9.97 Å². The number of benzene rings is 1. The van der Waals surface area contributed by atoms with Gasteiger partial charge in [-0.3, -0.25) is 0 Å². The summed E-state index contributed by atoms with van der Waals surface area (Å²) in [5.41, 5.74) is 1.87. The molecule has 0 saturated carbocycles. The molecule has 1 aromatic carbocycles. The maximum Gasteiger partial charge on any atom is 0.159 e. The molecular weight excluding hydrogens is 236 g/mol. The van der Waals surface area contributed by atoms with Crippen LogP contribution in [0, 0.1) is 0 Å². The molecule has 88 valence electrons. The van der Waals surface area contributed by atoms with E-state index in [9.17, 15) is 0 Å². The van der Waals surface area contributed by atoms with Crippen LogP contribution in [0.25, 0.3) is 11.4 Å². The van der Waals surface area contributed by atoms with Crippen LogP contribution in [0.4, 0.5) is 0 Å². The van der Waals surface area contributed by atoms with Crippen molar-refractivity contribution >= 4 is 11.6 Å². The molecular formula is C13H13ClN2O. The third kappa shape index (κ3) is 2.81. The Morgan fingerprint density at radius 2 is 1.94 bits per heavy atom. The van der Waals surface area contributed by atoms with Gasteiger partial charge in [0.1, 0.15) is 0 Å². The Kier molecular flexibility index (Phi) is 3.71. The van der Waals surface area contributed by atoms with Gasteiger partial charge in [-0.05, 0) is 19.1 Å². The molecule has 0 N–H and O–H groups in total. The van der Waals surface area contributed by atoms with Crippen molar-refractivity contribution in [1.29, 1.82) is 0 Å². The van der Waals surface area contributed by atoms with E-state index < -0.39 is 0 Å². The largest absolute Gasteiger partial charge is 0.377 e. The minimum absolute atomic E-state index is 0.00316.